The first-order valence-corrected chi connectivity index (χ1v) is 10.6. The predicted molar refractivity (Wildman–Crippen MR) is 120 cm³/mol. The Balaban J connectivity index is 1.66. The van der Waals surface area contributed by atoms with Gasteiger partial charge in [-0.1, -0.05) is 54.3 Å². The van der Waals surface area contributed by atoms with Gasteiger partial charge in [-0.25, -0.2) is 0 Å². The maximum absolute atomic E-state index is 13.0. The normalized spacial score (nSPS) is 16.0. The molecule has 0 radical (unpaired) electrons. The Morgan fingerprint density at radius 2 is 1.93 bits per heavy atom. The molecule has 0 spiro atoms. The van der Waals surface area contributed by atoms with Gasteiger partial charge in [0.05, 0.1) is 11.2 Å². The highest BCUT2D eigenvalue weighted by atomic mass is 32.2. The van der Waals surface area contributed by atoms with E-state index in [1.807, 2.05) is 56.0 Å². The molecule has 2 heterocycles. The molecule has 0 aliphatic carbocycles. The van der Waals surface area contributed by atoms with Crippen molar-refractivity contribution >= 4 is 46.2 Å². The minimum Gasteiger partial charge on any atom is -0.465 e. The van der Waals surface area contributed by atoms with Crippen LogP contribution < -0.4 is 0 Å². The van der Waals surface area contributed by atoms with E-state index in [4.69, 9.17) is 16.6 Å². The molecule has 2 aromatic rings. The molecule has 0 bridgehead atoms. The van der Waals surface area contributed by atoms with Gasteiger partial charge in [0.25, 0.3) is 5.91 Å². The zero-order chi connectivity index (χ0) is 21.0. The molecule has 1 aromatic carbocycles. The summed E-state index contributed by atoms with van der Waals surface area (Å²) in [6.07, 6.45) is 3.45. The SMILES string of the molecule is CC(C)(C)N(Cc1ccccc1)C(=O)CCN1C(=O)C(=Cc2ccco2)SC1=S. The summed E-state index contributed by atoms with van der Waals surface area (Å²) < 4.78 is 5.74. The summed E-state index contributed by atoms with van der Waals surface area (Å²) in [5.74, 6) is 0.406. The zero-order valence-electron chi connectivity index (χ0n) is 16.8. The Morgan fingerprint density at radius 3 is 2.55 bits per heavy atom. The molecule has 0 saturated carbocycles. The summed E-state index contributed by atoms with van der Waals surface area (Å²) in [5, 5.41) is 0. The third-order valence-electron chi connectivity index (χ3n) is 4.53. The number of carbonyl (C=O) groups is 2. The van der Waals surface area contributed by atoms with Crippen molar-refractivity contribution in [2.75, 3.05) is 6.54 Å². The summed E-state index contributed by atoms with van der Waals surface area (Å²) >= 11 is 6.59. The Kier molecular flexibility index (Phi) is 6.59. The molecular weight excluding hydrogens is 404 g/mol. The number of benzene rings is 1. The van der Waals surface area contributed by atoms with Gasteiger partial charge in [0.15, 0.2) is 0 Å². The van der Waals surface area contributed by atoms with E-state index in [-0.39, 0.29) is 30.3 Å². The fraction of sp³-hybridized carbons (Fsp3) is 0.318. The lowest BCUT2D eigenvalue weighted by molar-refractivity contribution is -0.137. The van der Waals surface area contributed by atoms with E-state index in [0.29, 0.717) is 21.5 Å². The highest BCUT2D eigenvalue weighted by molar-refractivity contribution is 8.26. The Bertz CT molecular complexity index is 915. The molecule has 0 atom stereocenters. The first-order valence-electron chi connectivity index (χ1n) is 9.39. The average molecular weight is 429 g/mol. The van der Waals surface area contributed by atoms with Crippen LogP contribution in [0.4, 0.5) is 0 Å². The van der Waals surface area contributed by atoms with Crippen molar-refractivity contribution in [1.29, 1.82) is 0 Å². The Hall–Kier alpha value is -2.38. The van der Waals surface area contributed by atoms with E-state index in [1.165, 1.54) is 16.7 Å². The van der Waals surface area contributed by atoms with Crippen LogP contribution in [0, 0.1) is 0 Å². The number of carbonyl (C=O) groups excluding carboxylic acids is 2. The quantitative estimate of drug-likeness (QED) is 0.493. The van der Waals surface area contributed by atoms with E-state index >= 15 is 0 Å². The lowest BCUT2D eigenvalue weighted by atomic mass is 10.0. The number of furan rings is 1. The zero-order valence-corrected chi connectivity index (χ0v) is 18.4. The fourth-order valence-corrected chi connectivity index (χ4v) is 4.29. The van der Waals surface area contributed by atoms with E-state index in [2.05, 4.69) is 0 Å². The van der Waals surface area contributed by atoms with Crippen LogP contribution in [0.5, 0.6) is 0 Å². The maximum Gasteiger partial charge on any atom is 0.266 e. The molecule has 0 N–H and O–H groups in total. The highest BCUT2D eigenvalue weighted by Crippen LogP contribution is 2.33. The lowest BCUT2D eigenvalue weighted by Gasteiger charge is -2.36. The van der Waals surface area contributed by atoms with Gasteiger partial charge in [0.1, 0.15) is 10.1 Å². The van der Waals surface area contributed by atoms with Gasteiger partial charge < -0.3 is 9.32 Å². The first kappa shape index (κ1) is 21.3. The van der Waals surface area contributed by atoms with Gasteiger partial charge in [0.2, 0.25) is 5.91 Å². The monoisotopic (exact) mass is 428 g/mol. The number of nitrogens with zero attached hydrogens (tertiary/aromatic N) is 2. The topological polar surface area (TPSA) is 53.8 Å². The molecule has 7 heteroatoms. The van der Waals surface area contributed by atoms with Crippen LogP contribution in [0.2, 0.25) is 0 Å². The smallest absolute Gasteiger partial charge is 0.266 e. The van der Waals surface area contributed by atoms with E-state index in [0.717, 1.165) is 5.56 Å². The number of thiocarbonyl (C=S) groups is 1. The molecular formula is C22H24N2O3S2. The standard InChI is InChI=1S/C22H24N2O3S2/c1-22(2,3)24(15-16-8-5-4-6-9-16)19(25)11-12-23-20(26)18(29-21(23)28)14-17-10-7-13-27-17/h4-10,13-14H,11-12,15H2,1-3H3. The summed E-state index contributed by atoms with van der Waals surface area (Å²) in [5.41, 5.74) is 0.740. The van der Waals surface area contributed by atoms with Gasteiger partial charge in [-0.2, -0.15) is 0 Å². The van der Waals surface area contributed by atoms with Crippen molar-refractivity contribution in [3.63, 3.8) is 0 Å². The first-order chi connectivity index (χ1) is 13.8. The second-order valence-corrected chi connectivity index (χ2v) is 9.41. The largest absolute Gasteiger partial charge is 0.465 e. The van der Waals surface area contributed by atoms with Crippen molar-refractivity contribution in [2.45, 2.75) is 39.3 Å². The van der Waals surface area contributed by atoms with Crippen molar-refractivity contribution in [2.24, 2.45) is 0 Å². The third-order valence-corrected chi connectivity index (χ3v) is 5.91. The Labute approximate surface area is 180 Å². The fourth-order valence-electron chi connectivity index (χ4n) is 3.00. The summed E-state index contributed by atoms with van der Waals surface area (Å²) in [6, 6.07) is 13.4. The van der Waals surface area contributed by atoms with Gasteiger partial charge in [-0.3, -0.25) is 14.5 Å². The molecule has 5 nitrogen and oxygen atoms in total. The summed E-state index contributed by atoms with van der Waals surface area (Å²) in [7, 11) is 0. The average Bonchev–Trinajstić information content (AvgIpc) is 3.27. The van der Waals surface area contributed by atoms with Gasteiger partial charge in [0, 0.05) is 31.1 Å². The summed E-state index contributed by atoms with van der Waals surface area (Å²) in [4.78, 5) is 29.6. The van der Waals surface area contributed by atoms with Crippen molar-refractivity contribution < 1.29 is 14.0 Å². The number of thioether (sulfide) groups is 1. The van der Waals surface area contributed by atoms with Gasteiger partial charge in [-0.15, -0.1) is 0 Å². The van der Waals surface area contributed by atoms with Crippen molar-refractivity contribution in [3.05, 3.63) is 65.0 Å². The van der Waals surface area contributed by atoms with Crippen LogP contribution in [0.25, 0.3) is 6.08 Å². The molecule has 29 heavy (non-hydrogen) atoms. The number of rotatable bonds is 6. The molecule has 1 aliphatic heterocycles. The molecule has 1 aliphatic rings. The number of hydrogen-bond acceptors (Lipinski definition) is 5. The number of hydrogen-bond donors (Lipinski definition) is 0. The maximum atomic E-state index is 13.0. The second-order valence-electron chi connectivity index (χ2n) is 7.74. The van der Waals surface area contributed by atoms with Gasteiger partial charge >= 0.3 is 0 Å². The molecule has 1 fully saturated rings. The van der Waals surface area contributed by atoms with Crippen molar-refractivity contribution in [1.82, 2.24) is 9.80 Å². The number of amides is 2. The molecule has 152 valence electrons. The van der Waals surface area contributed by atoms with E-state index in [1.54, 1.807) is 24.5 Å². The van der Waals surface area contributed by atoms with Crippen LogP contribution in [0.1, 0.15) is 38.5 Å². The van der Waals surface area contributed by atoms with Crippen LogP contribution >= 0.6 is 24.0 Å². The predicted octanol–water partition coefficient (Wildman–Crippen LogP) is 4.70. The molecule has 3 rings (SSSR count). The van der Waals surface area contributed by atoms with E-state index in [9.17, 15) is 9.59 Å². The minimum atomic E-state index is -0.332. The van der Waals surface area contributed by atoms with Crippen molar-refractivity contribution in [3.8, 4) is 0 Å². The molecule has 1 saturated heterocycles. The highest BCUT2D eigenvalue weighted by Gasteiger charge is 2.34. The van der Waals surface area contributed by atoms with Gasteiger partial charge in [-0.05, 0) is 38.5 Å². The van der Waals surface area contributed by atoms with Crippen LogP contribution in [0.3, 0.4) is 0 Å². The second kappa shape index (κ2) is 8.97. The molecule has 1 aromatic heterocycles. The van der Waals surface area contributed by atoms with Crippen LogP contribution in [-0.4, -0.2) is 38.0 Å². The summed E-state index contributed by atoms with van der Waals surface area (Å²) in [6.45, 7) is 6.83. The third kappa shape index (κ3) is 5.36. The Morgan fingerprint density at radius 1 is 1.21 bits per heavy atom. The molecule has 2 amide bonds. The van der Waals surface area contributed by atoms with Crippen LogP contribution in [0.15, 0.2) is 58.1 Å². The lowest BCUT2D eigenvalue weighted by Crippen LogP contribution is -2.46. The van der Waals surface area contributed by atoms with Crippen LogP contribution in [-0.2, 0) is 16.1 Å². The van der Waals surface area contributed by atoms with E-state index < -0.39 is 0 Å². The minimum absolute atomic E-state index is 0.00887. The molecule has 0 unspecified atom stereocenters.